The normalized spacial score (nSPS) is 22.2. The van der Waals surface area contributed by atoms with Gasteiger partial charge in [0.15, 0.2) is 5.82 Å². The van der Waals surface area contributed by atoms with Gasteiger partial charge >= 0.3 is 6.09 Å². The second-order valence-electron chi connectivity index (χ2n) is 8.52. The van der Waals surface area contributed by atoms with Gasteiger partial charge in [0.25, 0.3) is 0 Å². The van der Waals surface area contributed by atoms with Gasteiger partial charge in [-0.15, -0.1) is 0 Å². The van der Waals surface area contributed by atoms with Gasteiger partial charge in [-0.1, -0.05) is 32.4 Å². The molecule has 1 fully saturated rings. The van der Waals surface area contributed by atoms with Crippen LogP contribution in [0.2, 0.25) is 5.02 Å². The third kappa shape index (κ3) is 4.90. The van der Waals surface area contributed by atoms with Crippen LogP contribution in [0.5, 0.6) is 0 Å². The van der Waals surface area contributed by atoms with E-state index < -0.39 is 11.7 Å². The van der Waals surface area contributed by atoms with Crippen LogP contribution in [-0.4, -0.2) is 37.5 Å². The fourth-order valence-corrected chi connectivity index (χ4v) is 3.96. The zero-order valence-corrected chi connectivity index (χ0v) is 18.0. The Morgan fingerprint density at radius 2 is 2.17 bits per heavy atom. The summed E-state index contributed by atoms with van der Waals surface area (Å²) in [6, 6.07) is 0.0287. The molecule has 1 amide bonds. The van der Waals surface area contributed by atoms with E-state index in [2.05, 4.69) is 46.5 Å². The van der Waals surface area contributed by atoms with E-state index in [4.69, 9.17) is 22.1 Å². The maximum Gasteiger partial charge on any atom is 0.405 e. The summed E-state index contributed by atoms with van der Waals surface area (Å²) < 4.78 is 7.34. The second-order valence-corrected chi connectivity index (χ2v) is 8.93. The lowest BCUT2D eigenvalue weighted by atomic mass is 9.66. The van der Waals surface area contributed by atoms with Gasteiger partial charge in [0.05, 0.1) is 18.1 Å². The molecule has 10 heteroatoms. The van der Waals surface area contributed by atoms with Gasteiger partial charge < -0.3 is 21.1 Å². The number of rotatable bonds is 5. The lowest BCUT2D eigenvalue weighted by Gasteiger charge is -2.48. The minimum absolute atomic E-state index is 0.0287. The molecule has 9 nitrogen and oxygen atoms in total. The molecule has 2 atom stereocenters. The summed E-state index contributed by atoms with van der Waals surface area (Å²) >= 11 is 6.33. The minimum Gasteiger partial charge on any atom is -0.442 e. The average Bonchev–Trinajstić information content (AvgIpc) is 3.01. The van der Waals surface area contributed by atoms with Crippen molar-refractivity contribution < 1.29 is 9.53 Å². The fraction of sp³-hybridized carbons (Fsp3) is 0.579. The number of ether oxygens (including phenoxy) is 1. The Morgan fingerprint density at radius 3 is 2.79 bits per heavy atom. The lowest BCUT2D eigenvalue weighted by Crippen LogP contribution is -2.53. The first kappa shape index (κ1) is 21.2. The zero-order chi connectivity index (χ0) is 21.2. The van der Waals surface area contributed by atoms with Crippen molar-refractivity contribution in [1.82, 2.24) is 19.7 Å². The third-order valence-corrected chi connectivity index (χ3v) is 5.69. The number of hydrogen-bond acceptors (Lipinski definition) is 7. The Hall–Kier alpha value is -2.55. The molecule has 2 aromatic heterocycles. The van der Waals surface area contributed by atoms with Crippen LogP contribution in [0.15, 0.2) is 18.6 Å². The summed E-state index contributed by atoms with van der Waals surface area (Å²) in [5.74, 6) is 0.943. The molecule has 4 N–H and O–H groups in total. The van der Waals surface area contributed by atoms with Crippen molar-refractivity contribution in [2.45, 2.75) is 58.1 Å². The van der Waals surface area contributed by atoms with Crippen molar-refractivity contribution in [2.24, 2.45) is 18.2 Å². The van der Waals surface area contributed by atoms with E-state index >= 15 is 0 Å². The number of carbonyl (C=O) groups is 1. The van der Waals surface area contributed by atoms with Crippen molar-refractivity contribution in [3.05, 3.63) is 23.6 Å². The Labute approximate surface area is 175 Å². The highest BCUT2D eigenvalue weighted by Gasteiger charge is 2.48. The molecule has 2 unspecified atom stereocenters. The summed E-state index contributed by atoms with van der Waals surface area (Å²) in [6.45, 7) is 6.18. The molecule has 0 aromatic carbocycles. The quantitative estimate of drug-likeness (QED) is 0.670. The molecule has 158 valence electrons. The monoisotopic (exact) mass is 421 g/mol. The van der Waals surface area contributed by atoms with Crippen molar-refractivity contribution in [3.8, 4) is 0 Å². The molecule has 0 spiro atoms. The van der Waals surface area contributed by atoms with Crippen molar-refractivity contribution in [1.29, 1.82) is 0 Å². The molecule has 0 aliphatic heterocycles. The SMILES string of the molecule is Cn1cc(Nc2ncc(Cl)c(NC3CCCC(OC(N)=O)(C(C)(C)C)C3)n2)cn1. The zero-order valence-electron chi connectivity index (χ0n) is 17.2. The van der Waals surface area contributed by atoms with E-state index in [1.54, 1.807) is 17.1 Å². The number of aromatic nitrogens is 4. The van der Waals surface area contributed by atoms with Gasteiger partial charge in [-0.05, 0) is 19.3 Å². The van der Waals surface area contributed by atoms with Crippen molar-refractivity contribution >= 4 is 35.1 Å². The van der Waals surface area contributed by atoms with Crippen LogP contribution >= 0.6 is 11.6 Å². The van der Waals surface area contributed by atoms with E-state index in [9.17, 15) is 4.79 Å². The number of nitrogens with two attached hydrogens (primary N) is 1. The van der Waals surface area contributed by atoms with E-state index in [0.29, 0.717) is 23.2 Å². The van der Waals surface area contributed by atoms with Gasteiger partial charge in [0, 0.05) is 31.1 Å². The van der Waals surface area contributed by atoms with Crippen LogP contribution in [0, 0.1) is 5.41 Å². The number of amides is 1. The Kier molecular flexibility index (Phi) is 5.88. The highest BCUT2D eigenvalue weighted by atomic mass is 35.5. The molecular formula is C19H28ClN7O2. The van der Waals surface area contributed by atoms with E-state index in [1.807, 2.05) is 13.2 Å². The fourth-order valence-electron chi connectivity index (χ4n) is 3.82. The Balaban J connectivity index is 1.78. The highest BCUT2D eigenvalue weighted by Crippen LogP contribution is 2.45. The van der Waals surface area contributed by atoms with Gasteiger partial charge in [-0.2, -0.15) is 10.1 Å². The number of nitrogens with zero attached hydrogens (tertiary/aromatic N) is 4. The number of hydrogen-bond donors (Lipinski definition) is 3. The standard InChI is InChI=1S/C19H28ClN7O2/c1-18(2,3)19(29-16(21)28)7-5-6-12(8-19)24-15-14(20)10-22-17(26-15)25-13-9-23-27(4)11-13/h9-12H,5-8H2,1-4H3,(H2,21,28)(H2,22,24,25,26). The van der Waals surface area contributed by atoms with E-state index in [0.717, 1.165) is 24.9 Å². The van der Waals surface area contributed by atoms with Crippen LogP contribution in [0.25, 0.3) is 0 Å². The number of primary amides is 1. The first-order valence-electron chi connectivity index (χ1n) is 9.61. The smallest absolute Gasteiger partial charge is 0.405 e. The van der Waals surface area contributed by atoms with Gasteiger partial charge in [-0.3, -0.25) is 4.68 Å². The third-order valence-electron chi connectivity index (χ3n) is 5.42. The van der Waals surface area contributed by atoms with E-state index in [-0.39, 0.29) is 11.5 Å². The molecule has 2 heterocycles. The Morgan fingerprint density at radius 1 is 1.41 bits per heavy atom. The summed E-state index contributed by atoms with van der Waals surface area (Å²) in [6.07, 6.45) is 7.50. The molecule has 29 heavy (non-hydrogen) atoms. The summed E-state index contributed by atoms with van der Waals surface area (Å²) in [5, 5.41) is 11.0. The maximum absolute atomic E-state index is 11.6. The van der Waals surface area contributed by atoms with Crippen LogP contribution in [-0.2, 0) is 11.8 Å². The number of carbonyl (C=O) groups excluding carboxylic acids is 1. The number of anilines is 3. The van der Waals surface area contributed by atoms with Gasteiger partial charge in [-0.25, -0.2) is 9.78 Å². The second kappa shape index (κ2) is 8.06. The maximum atomic E-state index is 11.6. The number of aryl methyl sites for hydroxylation is 1. The lowest BCUT2D eigenvalue weighted by molar-refractivity contribution is -0.0914. The molecule has 0 saturated heterocycles. The number of halogens is 1. The van der Waals surface area contributed by atoms with Gasteiger partial charge in [0.2, 0.25) is 5.95 Å². The summed E-state index contributed by atoms with van der Waals surface area (Å²) in [4.78, 5) is 20.3. The van der Waals surface area contributed by atoms with Crippen LogP contribution in [0.3, 0.4) is 0 Å². The highest BCUT2D eigenvalue weighted by molar-refractivity contribution is 6.32. The molecule has 0 bridgehead atoms. The molecule has 3 rings (SSSR count). The first-order chi connectivity index (χ1) is 13.6. The molecule has 1 aliphatic rings. The topological polar surface area (TPSA) is 120 Å². The molecular weight excluding hydrogens is 394 g/mol. The molecule has 0 radical (unpaired) electrons. The van der Waals surface area contributed by atoms with Gasteiger partial charge in [0.1, 0.15) is 10.6 Å². The van der Waals surface area contributed by atoms with Crippen molar-refractivity contribution in [2.75, 3.05) is 10.6 Å². The van der Waals surface area contributed by atoms with Crippen molar-refractivity contribution in [3.63, 3.8) is 0 Å². The first-order valence-corrected chi connectivity index (χ1v) is 9.99. The molecule has 1 saturated carbocycles. The average molecular weight is 422 g/mol. The number of nitrogens with one attached hydrogen (secondary N) is 2. The predicted molar refractivity (Wildman–Crippen MR) is 112 cm³/mol. The predicted octanol–water partition coefficient (Wildman–Crippen LogP) is 3.84. The minimum atomic E-state index is -0.747. The molecule has 1 aliphatic carbocycles. The summed E-state index contributed by atoms with van der Waals surface area (Å²) in [7, 11) is 1.83. The van der Waals surface area contributed by atoms with E-state index in [1.165, 1.54) is 0 Å². The van der Waals surface area contributed by atoms with Crippen LogP contribution < -0.4 is 16.4 Å². The largest absolute Gasteiger partial charge is 0.442 e. The summed E-state index contributed by atoms with van der Waals surface area (Å²) in [5.41, 5.74) is 5.25. The molecule has 2 aromatic rings. The Bertz CT molecular complexity index is 880. The van der Waals surface area contributed by atoms with Crippen LogP contribution in [0.4, 0.5) is 22.2 Å². The van der Waals surface area contributed by atoms with Crippen LogP contribution in [0.1, 0.15) is 46.5 Å².